The van der Waals surface area contributed by atoms with Gasteiger partial charge in [-0.25, -0.2) is 9.37 Å². The summed E-state index contributed by atoms with van der Waals surface area (Å²) in [5.74, 6) is -0.235. The Morgan fingerprint density at radius 1 is 1.38 bits per heavy atom. The Morgan fingerprint density at radius 2 is 2.19 bits per heavy atom. The molecule has 1 aromatic carbocycles. The average Bonchev–Trinajstić information content (AvgIpc) is 2.84. The Morgan fingerprint density at radius 3 is 2.81 bits per heavy atom. The van der Waals surface area contributed by atoms with Crippen LogP contribution in [0.2, 0.25) is 5.02 Å². The molecule has 0 spiro atoms. The largest absolute Gasteiger partial charge is 0.313 e. The van der Waals surface area contributed by atoms with Crippen molar-refractivity contribution in [3.63, 3.8) is 0 Å². The number of nitrogens with one attached hydrogen (secondary N) is 1. The van der Waals surface area contributed by atoms with Crippen molar-refractivity contribution in [1.29, 1.82) is 0 Å². The van der Waals surface area contributed by atoms with Gasteiger partial charge in [0, 0.05) is 28.6 Å². The number of nitrogens with zero attached hydrogens (tertiary/aromatic N) is 1. The van der Waals surface area contributed by atoms with Crippen molar-refractivity contribution >= 4 is 22.9 Å². The van der Waals surface area contributed by atoms with Gasteiger partial charge in [-0.15, -0.1) is 11.3 Å². The smallest absolute Gasteiger partial charge is 0.127 e. The first-order valence-electron chi connectivity index (χ1n) is 7.16. The predicted molar refractivity (Wildman–Crippen MR) is 87.8 cm³/mol. The van der Waals surface area contributed by atoms with Crippen molar-refractivity contribution in [3.8, 4) is 0 Å². The number of halogens is 2. The molecule has 0 bridgehead atoms. The third kappa shape index (κ3) is 5.06. The average molecular weight is 327 g/mol. The Balaban J connectivity index is 2.08. The van der Waals surface area contributed by atoms with E-state index in [2.05, 4.69) is 22.6 Å². The highest BCUT2D eigenvalue weighted by Crippen LogP contribution is 2.18. The monoisotopic (exact) mass is 326 g/mol. The fourth-order valence-electron chi connectivity index (χ4n) is 2.22. The molecule has 0 fully saturated rings. The first kappa shape index (κ1) is 16.4. The maximum atomic E-state index is 14.0. The van der Waals surface area contributed by atoms with E-state index in [1.165, 1.54) is 6.07 Å². The summed E-state index contributed by atoms with van der Waals surface area (Å²) in [6, 6.07) is 5.07. The first-order chi connectivity index (χ1) is 10.1. The van der Waals surface area contributed by atoms with Crippen LogP contribution in [-0.4, -0.2) is 17.6 Å². The molecule has 0 aliphatic heterocycles. The van der Waals surface area contributed by atoms with Gasteiger partial charge in [0.25, 0.3) is 0 Å². The molecule has 0 saturated carbocycles. The van der Waals surface area contributed by atoms with Gasteiger partial charge < -0.3 is 5.32 Å². The highest BCUT2D eigenvalue weighted by atomic mass is 35.5. The molecule has 0 radical (unpaired) electrons. The lowest BCUT2D eigenvalue weighted by Gasteiger charge is -2.18. The topological polar surface area (TPSA) is 24.9 Å². The molecule has 0 saturated heterocycles. The van der Waals surface area contributed by atoms with Crippen LogP contribution in [0, 0.1) is 12.7 Å². The number of thiazole rings is 1. The number of aryl methyl sites for hydroxylation is 1. The van der Waals surface area contributed by atoms with Crippen LogP contribution in [0.25, 0.3) is 0 Å². The second kappa shape index (κ2) is 7.87. The maximum Gasteiger partial charge on any atom is 0.127 e. The molecule has 1 heterocycles. The third-order valence-electron chi connectivity index (χ3n) is 3.25. The van der Waals surface area contributed by atoms with Gasteiger partial charge in [0.15, 0.2) is 0 Å². The standard InChI is InChI=1S/C16H20ClFN2S/c1-3-6-19-14(9-16-20-11(2)10-21-16)7-12-4-5-13(17)8-15(12)18/h4-5,8,10,14,19H,3,6-7,9H2,1-2H3. The lowest BCUT2D eigenvalue weighted by Crippen LogP contribution is -2.34. The summed E-state index contributed by atoms with van der Waals surface area (Å²) in [4.78, 5) is 4.50. The molecular weight excluding hydrogens is 307 g/mol. The summed E-state index contributed by atoms with van der Waals surface area (Å²) in [7, 11) is 0. The quantitative estimate of drug-likeness (QED) is 0.816. The minimum atomic E-state index is -0.235. The minimum Gasteiger partial charge on any atom is -0.313 e. The molecular formula is C16H20ClFN2S. The van der Waals surface area contributed by atoms with Crippen molar-refractivity contribution in [3.05, 3.63) is 50.7 Å². The maximum absolute atomic E-state index is 14.0. The van der Waals surface area contributed by atoms with Crippen molar-refractivity contribution in [1.82, 2.24) is 10.3 Å². The SMILES string of the molecule is CCCNC(Cc1nc(C)cs1)Cc1ccc(Cl)cc1F. The van der Waals surface area contributed by atoms with E-state index in [0.717, 1.165) is 30.1 Å². The van der Waals surface area contributed by atoms with Crippen molar-refractivity contribution in [2.45, 2.75) is 39.2 Å². The van der Waals surface area contributed by atoms with E-state index in [9.17, 15) is 4.39 Å². The van der Waals surface area contributed by atoms with Gasteiger partial charge in [0.2, 0.25) is 0 Å². The van der Waals surface area contributed by atoms with Crippen molar-refractivity contribution in [2.24, 2.45) is 0 Å². The van der Waals surface area contributed by atoms with Crippen LogP contribution in [-0.2, 0) is 12.8 Å². The molecule has 2 nitrogen and oxygen atoms in total. The fourth-order valence-corrected chi connectivity index (χ4v) is 3.24. The summed E-state index contributed by atoms with van der Waals surface area (Å²) < 4.78 is 14.0. The Labute approximate surface area is 134 Å². The van der Waals surface area contributed by atoms with Gasteiger partial charge in [-0.1, -0.05) is 24.6 Å². The highest BCUT2D eigenvalue weighted by molar-refractivity contribution is 7.09. The third-order valence-corrected chi connectivity index (χ3v) is 4.48. The normalized spacial score (nSPS) is 12.6. The molecule has 5 heteroatoms. The molecule has 1 aromatic heterocycles. The summed E-state index contributed by atoms with van der Waals surface area (Å²) >= 11 is 7.47. The zero-order valence-electron chi connectivity index (χ0n) is 12.3. The summed E-state index contributed by atoms with van der Waals surface area (Å²) in [5, 5.41) is 7.06. The van der Waals surface area contributed by atoms with E-state index in [1.54, 1.807) is 23.5 Å². The lowest BCUT2D eigenvalue weighted by atomic mass is 10.0. The zero-order chi connectivity index (χ0) is 15.2. The molecule has 1 N–H and O–H groups in total. The van der Waals surface area contributed by atoms with Crippen LogP contribution in [0.1, 0.15) is 29.6 Å². The fraction of sp³-hybridized carbons (Fsp3) is 0.438. The Hall–Kier alpha value is -0.970. The highest BCUT2D eigenvalue weighted by Gasteiger charge is 2.14. The molecule has 0 amide bonds. The second-order valence-corrected chi connectivity index (χ2v) is 6.56. The number of hydrogen-bond acceptors (Lipinski definition) is 3. The molecule has 0 aliphatic rings. The van der Waals surface area contributed by atoms with Crippen LogP contribution in [0.3, 0.4) is 0 Å². The Kier molecular flexibility index (Phi) is 6.15. The number of benzene rings is 1. The summed E-state index contributed by atoms with van der Waals surface area (Å²) in [6.07, 6.45) is 2.51. The van der Waals surface area contributed by atoms with Gasteiger partial charge in [-0.2, -0.15) is 0 Å². The Bertz CT molecular complexity index is 585. The van der Waals surface area contributed by atoms with Crippen LogP contribution < -0.4 is 5.32 Å². The second-order valence-electron chi connectivity index (χ2n) is 5.18. The number of aromatic nitrogens is 1. The zero-order valence-corrected chi connectivity index (χ0v) is 13.9. The summed E-state index contributed by atoms with van der Waals surface area (Å²) in [6.45, 7) is 5.04. The van der Waals surface area contributed by atoms with E-state index in [-0.39, 0.29) is 11.9 Å². The van der Waals surface area contributed by atoms with Gasteiger partial charge in [0.1, 0.15) is 5.82 Å². The molecule has 1 atom stereocenters. The van der Waals surface area contributed by atoms with Gasteiger partial charge in [-0.05, 0) is 44.0 Å². The molecule has 114 valence electrons. The van der Waals surface area contributed by atoms with Crippen LogP contribution >= 0.6 is 22.9 Å². The van der Waals surface area contributed by atoms with E-state index >= 15 is 0 Å². The molecule has 21 heavy (non-hydrogen) atoms. The van der Waals surface area contributed by atoms with Crippen molar-refractivity contribution < 1.29 is 4.39 Å². The lowest BCUT2D eigenvalue weighted by molar-refractivity contribution is 0.491. The van der Waals surface area contributed by atoms with Crippen LogP contribution in [0.15, 0.2) is 23.6 Å². The van der Waals surface area contributed by atoms with Gasteiger partial charge >= 0.3 is 0 Å². The van der Waals surface area contributed by atoms with E-state index in [4.69, 9.17) is 11.6 Å². The van der Waals surface area contributed by atoms with Crippen LogP contribution in [0.4, 0.5) is 4.39 Å². The number of rotatable bonds is 7. The molecule has 2 aromatic rings. The van der Waals surface area contributed by atoms with E-state index < -0.39 is 0 Å². The van der Waals surface area contributed by atoms with E-state index in [1.807, 2.05) is 6.92 Å². The van der Waals surface area contributed by atoms with Gasteiger partial charge in [-0.3, -0.25) is 0 Å². The van der Waals surface area contributed by atoms with Crippen LogP contribution in [0.5, 0.6) is 0 Å². The number of hydrogen-bond donors (Lipinski definition) is 1. The minimum absolute atomic E-state index is 0.186. The molecule has 1 unspecified atom stereocenters. The predicted octanol–water partition coefficient (Wildman–Crippen LogP) is 4.40. The first-order valence-corrected chi connectivity index (χ1v) is 8.42. The van der Waals surface area contributed by atoms with E-state index in [0.29, 0.717) is 17.0 Å². The van der Waals surface area contributed by atoms with Gasteiger partial charge in [0.05, 0.1) is 5.01 Å². The summed E-state index contributed by atoms with van der Waals surface area (Å²) in [5.41, 5.74) is 1.74. The van der Waals surface area contributed by atoms with Crippen molar-refractivity contribution in [2.75, 3.05) is 6.54 Å². The molecule has 2 rings (SSSR count). The molecule has 0 aliphatic carbocycles.